The zero-order valence-corrected chi connectivity index (χ0v) is 19.1. The Balaban J connectivity index is 1.22. The summed E-state index contributed by atoms with van der Waals surface area (Å²) in [6.45, 7) is 5.76. The fourth-order valence-corrected chi connectivity index (χ4v) is 4.74. The SMILES string of the molecule is CC1=C(N2C(=O)C3(CCN(C[C@@H](O)c4ccc(-n5cnnn5)nc4)CC3)OCC2C)COC1=O. The van der Waals surface area contributed by atoms with E-state index in [1.807, 2.05) is 6.92 Å². The molecule has 1 unspecified atom stereocenters. The Bertz CT molecular complexity index is 1090. The van der Waals surface area contributed by atoms with E-state index in [0.717, 1.165) is 0 Å². The Morgan fingerprint density at radius 3 is 2.68 bits per heavy atom. The Morgan fingerprint density at radius 2 is 2.06 bits per heavy atom. The predicted molar refractivity (Wildman–Crippen MR) is 116 cm³/mol. The van der Waals surface area contributed by atoms with Crippen molar-refractivity contribution in [2.45, 2.75) is 44.4 Å². The highest BCUT2D eigenvalue weighted by atomic mass is 16.5. The molecular formula is C22H27N7O5. The first kappa shape index (κ1) is 22.6. The average Bonchev–Trinajstić information content (AvgIpc) is 3.50. The van der Waals surface area contributed by atoms with Gasteiger partial charge in [0.2, 0.25) is 0 Å². The number of rotatable bonds is 5. The van der Waals surface area contributed by atoms with Gasteiger partial charge in [0.15, 0.2) is 5.82 Å². The number of likely N-dealkylation sites (tertiary alicyclic amines) is 1. The number of hydrogen-bond acceptors (Lipinski definition) is 10. The van der Waals surface area contributed by atoms with E-state index in [1.165, 1.54) is 11.0 Å². The van der Waals surface area contributed by atoms with Crippen LogP contribution in [-0.2, 0) is 19.1 Å². The molecule has 3 aliphatic rings. The third-order valence-corrected chi connectivity index (χ3v) is 6.85. The number of morpholine rings is 1. The minimum Gasteiger partial charge on any atom is -0.456 e. The molecule has 34 heavy (non-hydrogen) atoms. The van der Waals surface area contributed by atoms with Crippen LogP contribution in [-0.4, -0.2) is 96.5 Å². The number of carbonyl (C=O) groups excluding carboxylic acids is 2. The lowest BCUT2D eigenvalue weighted by Crippen LogP contribution is -2.63. The van der Waals surface area contributed by atoms with Crippen molar-refractivity contribution >= 4 is 11.9 Å². The van der Waals surface area contributed by atoms with Gasteiger partial charge in [-0.2, -0.15) is 4.68 Å². The number of piperidine rings is 1. The highest BCUT2D eigenvalue weighted by Gasteiger charge is 2.51. The quantitative estimate of drug-likeness (QED) is 0.596. The second-order valence-corrected chi connectivity index (χ2v) is 9.00. The molecule has 1 N–H and O–H groups in total. The standard InChI is InChI=1S/C22H27N7O5/c1-14-11-34-22(21(32)29(14)17-12-33-20(31)15(17)2)5-7-27(8-6-22)10-18(30)16-3-4-19(23-9-16)28-13-24-25-26-28/h3-4,9,13-14,18,30H,5-8,10-12H2,1-2H3/t14?,18-/m1/s1. The molecule has 3 aliphatic heterocycles. The molecule has 0 aromatic carbocycles. The van der Waals surface area contributed by atoms with E-state index in [-0.39, 0.29) is 24.5 Å². The van der Waals surface area contributed by atoms with E-state index in [2.05, 4.69) is 25.4 Å². The average molecular weight is 470 g/mol. The number of pyridine rings is 1. The van der Waals surface area contributed by atoms with E-state index in [9.17, 15) is 14.7 Å². The van der Waals surface area contributed by atoms with E-state index in [0.29, 0.717) is 61.7 Å². The molecule has 5 heterocycles. The molecule has 5 rings (SSSR count). The molecule has 12 nitrogen and oxygen atoms in total. The first-order valence-corrected chi connectivity index (χ1v) is 11.3. The van der Waals surface area contributed by atoms with Crippen molar-refractivity contribution in [2.75, 3.05) is 32.8 Å². The Morgan fingerprint density at radius 1 is 1.26 bits per heavy atom. The summed E-state index contributed by atoms with van der Waals surface area (Å²) >= 11 is 0. The maximum absolute atomic E-state index is 13.5. The van der Waals surface area contributed by atoms with Gasteiger partial charge in [-0.25, -0.2) is 9.78 Å². The molecule has 0 radical (unpaired) electrons. The van der Waals surface area contributed by atoms with E-state index < -0.39 is 11.7 Å². The molecule has 2 aromatic heterocycles. The zero-order valence-electron chi connectivity index (χ0n) is 19.1. The van der Waals surface area contributed by atoms with E-state index in [1.54, 1.807) is 30.2 Å². The van der Waals surface area contributed by atoms with Gasteiger partial charge in [0.1, 0.15) is 18.5 Å². The molecule has 2 atom stereocenters. The number of tetrazole rings is 1. The van der Waals surface area contributed by atoms with Gasteiger partial charge in [0, 0.05) is 31.4 Å². The summed E-state index contributed by atoms with van der Waals surface area (Å²) in [6, 6.07) is 3.38. The largest absolute Gasteiger partial charge is 0.456 e. The molecule has 2 aromatic rings. The molecule has 2 fully saturated rings. The van der Waals surface area contributed by atoms with Crippen LogP contribution in [0.3, 0.4) is 0 Å². The molecule has 2 saturated heterocycles. The fourth-order valence-electron chi connectivity index (χ4n) is 4.74. The van der Waals surface area contributed by atoms with Gasteiger partial charge < -0.3 is 24.4 Å². The maximum atomic E-state index is 13.5. The summed E-state index contributed by atoms with van der Waals surface area (Å²) < 4.78 is 12.7. The first-order chi connectivity index (χ1) is 16.4. The number of nitrogens with zero attached hydrogens (tertiary/aromatic N) is 7. The summed E-state index contributed by atoms with van der Waals surface area (Å²) in [5, 5.41) is 21.7. The molecule has 1 amide bonds. The van der Waals surface area contributed by atoms with Crippen molar-refractivity contribution in [3.8, 4) is 5.82 Å². The minimum absolute atomic E-state index is 0.110. The molecule has 1 spiro atoms. The topological polar surface area (TPSA) is 136 Å². The maximum Gasteiger partial charge on any atom is 0.336 e. The second kappa shape index (κ2) is 8.85. The van der Waals surface area contributed by atoms with Crippen LogP contribution in [0, 0.1) is 0 Å². The summed E-state index contributed by atoms with van der Waals surface area (Å²) in [6.07, 6.45) is 3.37. The van der Waals surface area contributed by atoms with Gasteiger partial charge in [-0.3, -0.25) is 4.79 Å². The normalized spacial score (nSPS) is 24.1. The number of amides is 1. The number of ether oxygens (including phenoxy) is 2. The summed E-state index contributed by atoms with van der Waals surface area (Å²) in [5.74, 6) is 0.0774. The molecule has 0 aliphatic carbocycles. The molecule has 12 heteroatoms. The van der Waals surface area contributed by atoms with Crippen LogP contribution in [0.15, 0.2) is 35.9 Å². The zero-order chi connectivity index (χ0) is 23.9. The van der Waals surface area contributed by atoms with Crippen LogP contribution >= 0.6 is 0 Å². The van der Waals surface area contributed by atoms with Crippen molar-refractivity contribution in [1.82, 2.24) is 35.0 Å². The molecule has 0 bridgehead atoms. The number of cyclic esters (lactones) is 1. The lowest BCUT2D eigenvalue weighted by Gasteiger charge is -2.48. The number of aromatic nitrogens is 5. The number of esters is 1. The smallest absolute Gasteiger partial charge is 0.336 e. The Hall–Kier alpha value is -3.22. The van der Waals surface area contributed by atoms with Crippen LogP contribution < -0.4 is 0 Å². The highest BCUT2D eigenvalue weighted by Crippen LogP contribution is 2.36. The number of hydrogen-bond donors (Lipinski definition) is 1. The summed E-state index contributed by atoms with van der Waals surface area (Å²) in [5.41, 5.74) is 0.899. The number of aliphatic hydroxyl groups excluding tert-OH is 1. The van der Waals surface area contributed by atoms with Gasteiger partial charge in [0.05, 0.1) is 30.0 Å². The van der Waals surface area contributed by atoms with Crippen LogP contribution in [0.5, 0.6) is 0 Å². The summed E-state index contributed by atoms with van der Waals surface area (Å²) in [7, 11) is 0. The van der Waals surface area contributed by atoms with Crippen LogP contribution in [0.4, 0.5) is 0 Å². The number of aliphatic hydroxyl groups is 1. The third-order valence-electron chi connectivity index (χ3n) is 6.85. The van der Waals surface area contributed by atoms with Gasteiger partial charge in [-0.1, -0.05) is 6.07 Å². The third kappa shape index (κ3) is 3.97. The van der Waals surface area contributed by atoms with Crippen molar-refractivity contribution in [1.29, 1.82) is 0 Å². The van der Waals surface area contributed by atoms with Crippen molar-refractivity contribution in [3.63, 3.8) is 0 Å². The highest BCUT2D eigenvalue weighted by molar-refractivity contribution is 5.94. The lowest BCUT2D eigenvalue weighted by atomic mass is 9.87. The first-order valence-electron chi connectivity index (χ1n) is 11.3. The molecule has 0 saturated carbocycles. The van der Waals surface area contributed by atoms with E-state index >= 15 is 0 Å². The molecular weight excluding hydrogens is 442 g/mol. The van der Waals surface area contributed by atoms with Crippen molar-refractivity contribution < 1.29 is 24.2 Å². The van der Waals surface area contributed by atoms with Gasteiger partial charge in [-0.05, 0) is 43.2 Å². The van der Waals surface area contributed by atoms with Gasteiger partial charge in [-0.15, -0.1) is 5.10 Å². The molecule has 180 valence electrons. The van der Waals surface area contributed by atoms with Gasteiger partial charge in [0.25, 0.3) is 5.91 Å². The Labute approximate surface area is 196 Å². The minimum atomic E-state index is -0.915. The summed E-state index contributed by atoms with van der Waals surface area (Å²) in [4.78, 5) is 33.5. The van der Waals surface area contributed by atoms with Crippen molar-refractivity contribution in [3.05, 3.63) is 41.5 Å². The van der Waals surface area contributed by atoms with Gasteiger partial charge >= 0.3 is 5.97 Å². The lowest BCUT2D eigenvalue weighted by molar-refractivity contribution is -0.184. The monoisotopic (exact) mass is 469 g/mol. The van der Waals surface area contributed by atoms with Crippen LogP contribution in [0.2, 0.25) is 0 Å². The van der Waals surface area contributed by atoms with E-state index in [4.69, 9.17) is 9.47 Å². The number of β-amino-alcohol motifs (C(OH)–C–C–N with tert-alkyl or cyclic N) is 1. The van der Waals surface area contributed by atoms with Crippen LogP contribution in [0.25, 0.3) is 5.82 Å². The second-order valence-electron chi connectivity index (χ2n) is 9.00. The van der Waals surface area contributed by atoms with Crippen LogP contribution in [0.1, 0.15) is 38.4 Å². The fraction of sp³-hybridized carbons (Fsp3) is 0.545. The van der Waals surface area contributed by atoms with Crippen molar-refractivity contribution in [2.24, 2.45) is 0 Å². The number of carbonyl (C=O) groups is 2. The Kier molecular flexibility index (Phi) is 5.88. The predicted octanol–water partition coefficient (Wildman–Crippen LogP) is 0.00340.